The second kappa shape index (κ2) is 9.68. The van der Waals surface area contributed by atoms with Gasteiger partial charge in [0.2, 0.25) is 5.88 Å². The number of thioether (sulfide) groups is 1. The Morgan fingerprint density at radius 3 is 2.76 bits per heavy atom. The first-order valence-corrected chi connectivity index (χ1v) is 10.4. The molecule has 33 heavy (non-hydrogen) atoms. The van der Waals surface area contributed by atoms with E-state index in [1.807, 2.05) is 0 Å². The Balaban J connectivity index is 1.94. The number of hydrogen-bond acceptors (Lipinski definition) is 8. The number of terminal acetylenes is 1. The summed E-state index contributed by atoms with van der Waals surface area (Å²) in [5, 5.41) is 12.0. The van der Waals surface area contributed by atoms with Crippen LogP contribution >= 0.6 is 11.8 Å². The normalized spacial score (nSPS) is 22.2. The molecule has 8 nitrogen and oxygen atoms in total. The van der Waals surface area contributed by atoms with E-state index in [9.17, 15) is 23.1 Å². The minimum Gasteiger partial charge on any atom is -0.463 e. The molecule has 0 spiro atoms. The number of nitrogens with zero attached hydrogens (tertiary/aromatic N) is 3. The smallest absolute Gasteiger partial charge is 0.275 e. The molecule has 12 heteroatoms. The van der Waals surface area contributed by atoms with Crippen molar-refractivity contribution < 1.29 is 27.8 Å². The highest BCUT2D eigenvalue weighted by Crippen LogP contribution is 2.46. The fraction of sp³-hybridized carbons (Fsp3) is 0.333. The first-order valence-electron chi connectivity index (χ1n) is 9.55. The first kappa shape index (κ1) is 24.3. The third-order valence-corrected chi connectivity index (χ3v) is 5.92. The summed E-state index contributed by atoms with van der Waals surface area (Å²) in [4.78, 5) is 24.3. The Labute approximate surface area is 191 Å². The number of hydrogen-bond donors (Lipinski definition) is 3. The largest absolute Gasteiger partial charge is 0.463 e. The molecule has 2 aromatic rings. The number of amidine groups is 1. The van der Waals surface area contributed by atoms with Crippen LogP contribution < -0.4 is 15.8 Å². The van der Waals surface area contributed by atoms with Crippen LogP contribution in [0.1, 0.15) is 29.4 Å². The second-order valence-corrected chi connectivity index (χ2v) is 9.12. The lowest BCUT2D eigenvalue weighted by Crippen LogP contribution is -2.45. The lowest BCUT2D eigenvalue weighted by molar-refractivity contribution is 0.102. The van der Waals surface area contributed by atoms with E-state index in [0.29, 0.717) is 0 Å². The van der Waals surface area contributed by atoms with Crippen molar-refractivity contribution in [3.63, 3.8) is 0 Å². The third kappa shape index (κ3) is 5.20. The fourth-order valence-corrected chi connectivity index (χ4v) is 4.49. The van der Waals surface area contributed by atoms with E-state index in [-0.39, 0.29) is 35.5 Å². The minimum atomic E-state index is -1.88. The third-order valence-electron chi connectivity index (χ3n) is 4.85. The van der Waals surface area contributed by atoms with Crippen molar-refractivity contribution >= 4 is 28.5 Å². The van der Waals surface area contributed by atoms with E-state index in [1.54, 1.807) is 6.92 Å². The highest BCUT2D eigenvalue weighted by atomic mass is 32.2. The van der Waals surface area contributed by atoms with Gasteiger partial charge in [-0.1, -0.05) is 17.7 Å². The summed E-state index contributed by atoms with van der Waals surface area (Å²) < 4.78 is 47.6. The number of ether oxygens (including phenoxy) is 1. The van der Waals surface area contributed by atoms with Gasteiger partial charge in [0.1, 0.15) is 17.9 Å². The molecule has 0 bridgehead atoms. The number of benzene rings is 1. The molecule has 0 fully saturated rings. The van der Waals surface area contributed by atoms with Gasteiger partial charge in [-0.25, -0.2) is 28.1 Å². The van der Waals surface area contributed by atoms with Crippen LogP contribution in [0.5, 0.6) is 5.88 Å². The van der Waals surface area contributed by atoms with Crippen molar-refractivity contribution in [2.24, 2.45) is 10.7 Å². The molecule has 1 aliphatic rings. The topological polar surface area (TPSA) is 123 Å². The number of halogens is 3. The van der Waals surface area contributed by atoms with Crippen LogP contribution in [0.25, 0.3) is 0 Å². The molecular formula is C21H20F3N5O3S. The van der Waals surface area contributed by atoms with Gasteiger partial charge in [0.15, 0.2) is 23.4 Å². The predicted molar refractivity (Wildman–Crippen MR) is 118 cm³/mol. The Morgan fingerprint density at radius 2 is 2.15 bits per heavy atom. The zero-order valence-electron chi connectivity index (χ0n) is 17.4. The molecule has 3 rings (SSSR count). The maximum absolute atomic E-state index is 14.8. The number of alkyl halides is 1. The van der Waals surface area contributed by atoms with Gasteiger partial charge in [0, 0.05) is 22.1 Å². The molecule has 0 saturated heterocycles. The molecule has 0 radical (unpaired) electrons. The van der Waals surface area contributed by atoms with Gasteiger partial charge in [-0.05, 0) is 19.4 Å². The Morgan fingerprint density at radius 1 is 1.39 bits per heavy atom. The molecule has 0 saturated carbocycles. The van der Waals surface area contributed by atoms with Crippen LogP contribution in [-0.4, -0.2) is 50.8 Å². The number of aliphatic hydroxyl groups is 1. The predicted octanol–water partition coefficient (Wildman–Crippen LogP) is 2.39. The fourth-order valence-electron chi connectivity index (χ4n) is 3.39. The van der Waals surface area contributed by atoms with Gasteiger partial charge >= 0.3 is 0 Å². The van der Waals surface area contributed by atoms with E-state index in [0.717, 1.165) is 30.1 Å². The summed E-state index contributed by atoms with van der Waals surface area (Å²) in [6.45, 7) is -0.0216. The standard InChI is InChI=1S/C21H20F3N5O3S/c1-3-4-32-16-8-26-15(7-27-16)18(31)28-12-5-13(17(24)14(23)6-12)21(10-22)9-20(2,11-30)33-19(25)29-21/h1,5-8,30H,4,9-11H2,2H3,(H2,25,29)(H,28,31)/t20-,21-/m1/s1. The summed E-state index contributed by atoms with van der Waals surface area (Å²) in [5.41, 5.74) is 3.20. The zero-order valence-corrected chi connectivity index (χ0v) is 18.3. The van der Waals surface area contributed by atoms with Gasteiger partial charge in [-0.2, -0.15) is 0 Å². The van der Waals surface area contributed by atoms with Crippen LogP contribution in [-0.2, 0) is 5.54 Å². The number of rotatable bonds is 7. The van der Waals surface area contributed by atoms with Crippen LogP contribution in [0.15, 0.2) is 29.5 Å². The average Bonchev–Trinajstić information content (AvgIpc) is 2.79. The number of nitrogens with two attached hydrogens (primary N) is 1. The number of amides is 1. The van der Waals surface area contributed by atoms with Gasteiger partial charge < -0.3 is 20.9 Å². The molecule has 1 aromatic heterocycles. The van der Waals surface area contributed by atoms with Crippen molar-refractivity contribution in [2.45, 2.75) is 23.6 Å². The van der Waals surface area contributed by atoms with Crippen molar-refractivity contribution in [3.05, 3.63) is 47.4 Å². The molecule has 1 amide bonds. The van der Waals surface area contributed by atoms with Crippen molar-refractivity contribution in [1.82, 2.24) is 9.97 Å². The van der Waals surface area contributed by atoms with Crippen molar-refractivity contribution in [3.8, 4) is 18.2 Å². The summed E-state index contributed by atoms with van der Waals surface area (Å²) >= 11 is 1.02. The van der Waals surface area contributed by atoms with E-state index < -0.39 is 46.7 Å². The van der Waals surface area contributed by atoms with Crippen LogP contribution in [0, 0.1) is 24.0 Å². The number of aromatic nitrogens is 2. The molecule has 2 heterocycles. The Bertz CT molecular complexity index is 1130. The molecule has 1 aliphatic heterocycles. The van der Waals surface area contributed by atoms with E-state index >= 15 is 0 Å². The highest BCUT2D eigenvalue weighted by molar-refractivity contribution is 8.15. The van der Waals surface area contributed by atoms with E-state index in [1.165, 1.54) is 6.20 Å². The van der Waals surface area contributed by atoms with Gasteiger partial charge in [0.25, 0.3) is 5.91 Å². The number of carbonyl (C=O) groups excluding carboxylic acids is 1. The maximum atomic E-state index is 14.8. The molecule has 4 N–H and O–H groups in total. The quantitative estimate of drug-likeness (QED) is 0.521. The monoisotopic (exact) mass is 479 g/mol. The number of aliphatic imine (C=N–C) groups is 1. The average molecular weight is 479 g/mol. The van der Waals surface area contributed by atoms with Crippen LogP contribution in [0.3, 0.4) is 0 Å². The summed E-state index contributed by atoms with van der Waals surface area (Å²) in [7, 11) is 0. The van der Waals surface area contributed by atoms with Crippen molar-refractivity contribution in [1.29, 1.82) is 0 Å². The highest BCUT2D eigenvalue weighted by Gasteiger charge is 2.47. The van der Waals surface area contributed by atoms with Gasteiger partial charge in [-0.15, -0.1) is 6.42 Å². The van der Waals surface area contributed by atoms with E-state index in [2.05, 4.69) is 26.2 Å². The Kier molecular flexibility index (Phi) is 7.14. The van der Waals surface area contributed by atoms with Gasteiger partial charge in [0.05, 0.1) is 19.0 Å². The molecule has 0 unspecified atom stereocenters. The van der Waals surface area contributed by atoms with E-state index in [4.69, 9.17) is 16.9 Å². The van der Waals surface area contributed by atoms with Crippen LogP contribution in [0.2, 0.25) is 0 Å². The number of anilines is 1. The van der Waals surface area contributed by atoms with Gasteiger partial charge in [-0.3, -0.25) is 4.79 Å². The Hall–Kier alpha value is -3.30. The SMILES string of the molecule is C#CCOc1cnc(C(=O)Nc2cc(F)c(F)c([C@]3(CF)C[C@](C)(CO)SC(N)=N3)c2)cn1. The number of aliphatic hydroxyl groups excluding tert-OH is 1. The summed E-state index contributed by atoms with van der Waals surface area (Å²) in [6.07, 6.45) is 7.21. The lowest BCUT2D eigenvalue weighted by atomic mass is 9.82. The summed E-state index contributed by atoms with van der Waals surface area (Å²) in [5.74, 6) is -1.08. The lowest BCUT2D eigenvalue weighted by Gasteiger charge is -2.40. The molecule has 1 aromatic carbocycles. The van der Waals surface area contributed by atoms with Crippen molar-refractivity contribution in [2.75, 3.05) is 25.2 Å². The summed E-state index contributed by atoms with van der Waals surface area (Å²) in [6, 6.07) is 1.83. The molecule has 0 aliphatic carbocycles. The minimum absolute atomic E-state index is 0.0327. The first-order chi connectivity index (χ1) is 15.6. The number of carbonyl (C=O) groups is 1. The molecule has 2 atom stereocenters. The zero-order chi connectivity index (χ0) is 24.2. The molecular weight excluding hydrogens is 459 g/mol. The second-order valence-electron chi connectivity index (χ2n) is 7.51. The maximum Gasteiger partial charge on any atom is 0.275 e. The molecule has 174 valence electrons. The van der Waals surface area contributed by atoms with Crippen LogP contribution in [0.4, 0.5) is 18.9 Å². The number of nitrogens with one attached hydrogen (secondary N) is 1.